The molecule has 6 nitrogen and oxygen atoms in total. The number of nitrogen functional groups attached to an aromatic ring is 1. The lowest BCUT2D eigenvalue weighted by molar-refractivity contribution is -0.137. The molecule has 4 rings (SSSR count). The van der Waals surface area contributed by atoms with Gasteiger partial charge in [-0.2, -0.15) is 13.2 Å². The van der Waals surface area contributed by atoms with Crippen molar-refractivity contribution < 1.29 is 17.6 Å². The maximum absolute atomic E-state index is 13.4. The number of anilines is 2. The van der Waals surface area contributed by atoms with Crippen LogP contribution in [0.5, 0.6) is 0 Å². The van der Waals surface area contributed by atoms with Gasteiger partial charge in [0.1, 0.15) is 23.8 Å². The molecular weight excluding hydrogens is 436 g/mol. The summed E-state index contributed by atoms with van der Waals surface area (Å²) in [6.07, 6.45) is -2.97. The Morgan fingerprint density at radius 3 is 2.12 bits per heavy atom. The third-order valence-electron chi connectivity index (χ3n) is 5.89. The topological polar surface area (TPSA) is 84.3 Å². The molecule has 0 saturated carbocycles. The molecule has 0 amide bonds. The lowest BCUT2D eigenvalue weighted by Crippen LogP contribution is -2.49. The second kappa shape index (κ2) is 9.32. The quantitative estimate of drug-likeness (QED) is 0.565. The Bertz CT molecular complexity index is 1080. The van der Waals surface area contributed by atoms with Crippen LogP contribution in [0.1, 0.15) is 17.2 Å². The summed E-state index contributed by atoms with van der Waals surface area (Å²) >= 11 is 0. The molecular formula is C23H24F4N6. The molecule has 0 bridgehead atoms. The second-order valence-corrected chi connectivity index (χ2v) is 7.86. The summed E-state index contributed by atoms with van der Waals surface area (Å²) in [6, 6.07) is 11.0. The molecule has 4 N–H and O–H groups in total. The Balaban J connectivity index is 1.51. The summed E-state index contributed by atoms with van der Waals surface area (Å²) in [7, 11) is 0. The van der Waals surface area contributed by atoms with Gasteiger partial charge in [-0.15, -0.1) is 0 Å². The zero-order chi connectivity index (χ0) is 23.6. The van der Waals surface area contributed by atoms with Crippen LogP contribution in [0.15, 0.2) is 54.9 Å². The zero-order valence-corrected chi connectivity index (χ0v) is 17.8. The van der Waals surface area contributed by atoms with Crippen LogP contribution in [0.2, 0.25) is 0 Å². The fraction of sp³-hybridized carbons (Fsp3) is 0.304. The fourth-order valence-electron chi connectivity index (χ4n) is 4.16. The van der Waals surface area contributed by atoms with Crippen LogP contribution in [-0.2, 0) is 6.18 Å². The number of halogens is 4. The second-order valence-electron chi connectivity index (χ2n) is 7.86. The molecule has 1 aliphatic rings. The molecule has 2 aromatic carbocycles. The predicted octanol–water partition coefficient (Wildman–Crippen LogP) is 3.71. The minimum absolute atomic E-state index is 0.193. The first-order valence-electron chi connectivity index (χ1n) is 10.5. The van der Waals surface area contributed by atoms with E-state index in [1.165, 1.54) is 30.6 Å². The van der Waals surface area contributed by atoms with Gasteiger partial charge < -0.3 is 16.4 Å². The highest BCUT2D eigenvalue weighted by molar-refractivity contribution is 5.84. The maximum Gasteiger partial charge on any atom is 0.416 e. The number of nitrogens with zero attached hydrogens (tertiary/aromatic N) is 4. The Kier molecular flexibility index (Phi) is 6.48. The average molecular weight is 460 g/mol. The van der Waals surface area contributed by atoms with Crippen molar-refractivity contribution in [2.45, 2.75) is 12.2 Å². The summed E-state index contributed by atoms with van der Waals surface area (Å²) in [5.41, 5.74) is 13.6. The van der Waals surface area contributed by atoms with Crippen LogP contribution in [0.4, 0.5) is 29.2 Å². The SMILES string of the molecule is NC[C@H](c1ccc(C(F)(F)F)cc1)N1CCN(c2ncnc(N)c2-c2ccc(F)cc2)CC1. The zero-order valence-electron chi connectivity index (χ0n) is 17.8. The van der Waals surface area contributed by atoms with E-state index in [-0.39, 0.29) is 18.4 Å². The standard InChI is InChI=1S/C23H24F4N6/c24-18-7-3-16(4-8-18)20-21(29)30-14-31-22(20)33-11-9-32(10-12-33)19(13-28)15-1-5-17(6-2-15)23(25,26)27/h1-8,14,19H,9-13,28H2,(H2,29,30,31)/t19-/m1/s1. The third kappa shape index (κ3) is 4.91. The van der Waals surface area contributed by atoms with E-state index >= 15 is 0 Å². The highest BCUT2D eigenvalue weighted by Gasteiger charge is 2.31. The van der Waals surface area contributed by atoms with E-state index in [1.807, 2.05) is 0 Å². The Labute approximate surface area is 188 Å². The minimum atomic E-state index is -4.37. The van der Waals surface area contributed by atoms with Crippen molar-refractivity contribution in [3.8, 4) is 11.1 Å². The van der Waals surface area contributed by atoms with Crippen molar-refractivity contribution in [1.82, 2.24) is 14.9 Å². The number of aromatic nitrogens is 2. The van der Waals surface area contributed by atoms with Crippen molar-refractivity contribution >= 4 is 11.6 Å². The minimum Gasteiger partial charge on any atom is -0.383 e. The lowest BCUT2D eigenvalue weighted by Gasteiger charge is -2.40. The van der Waals surface area contributed by atoms with E-state index in [1.54, 1.807) is 12.1 Å². The number of piperazine rings is 1. The Morgan fingerprint density at radius 1 is 0.909 bits per heavy atom. The van der Waals surface area contributed by atoms with E-state index in [0.29, 0.717) is 43.4 Å². The van der Waals surface area contributed by atoms with E-state index < -0.39 is 11.7 Å². The van der Waals surface area contributed by atoms with Gasteiger partial charge in [0.2, 0.25) is 0 Å². The molecule has 0 spiro atoms. The molecule has 1 aromatic heterocycles. The van der Waals surface area contributed by atoms with Crippen molar-refractivity contribution in [2.24, 2.45) is 5.73 Å². The first kappa shape index (κ1) is 22.9. The summed E-state index contributed by atoms with van der Waals surface area (Å²) in [4.78, 5) is 12.8. The molecule has 2 heterocycles. The highest BCUT2D eigenvalue weighted by Crippen LogP contribution is 2.35. The smallest absolute Gasteiger partial charge is 0.383 e. The van der Waals surface area contributed by atoms with Crippen LogP contribution in [-0.4, -0.2) is 47.6 Å². The monoisotopic (exact) mass is 460 g/mol. The van der Waals surface area contributed by atoms with Crippen molar-refractivity contribution in [2.75, 3.05) is 43.4 Å². The summed E-state index contributed by atoms with van der Waals surface area (Å²) in [5.74, 6) is 0.617. The van der Waals surface area contributed by atoms with Crippen molar-refractivity contribution in [1.29, 1.82) is 0 Å². The van der Waals surface area contributed by atoms with Crippen LogP contribution in [0.25, 0.3) is 11.1 Å². The van der Waals surface area contributed by atoms with Gasteiger partial charge in [-0.3, -0.25) is 4.90 Å². The number of rotatable bonds is 5. The molecule has 1 atom stereocenters. The Hall–Kier alpha value is -3.24. The normalized spacial score (nSPS) is 16.1. The predicted molar refractivity (Wildman–Crippen MR) is 119 cm³/mol. The average Bonchev–Trinajstić information content (AvgIpc) is 2.80. The molecule has 1 fully saturated rings. The van der Waals surface area contributed by atoms with E-state index in [0.717, 1.165) is 23.3 Å². The molecule has 33 heavy (non-hydrogen) atoms. The molecule has 10 heteroatoms. The maximum atomic E-state index is 13.4. The molecule has 174 valence electrons. The van der Waals surface area contributed by atoms with Crippen LogP contribution < -0.4 is 16.4 Å². The van der Waals surface area contributed by atoms with E-state index in [4.69, 9.17) is 11.5 Å². The van der Waals surface area contributed by atoms with Gasteiger partial charge in [0.05, 0.1) is 11.1 Å². The fourth-order valence-corrected chi connectivity index (χ4v) is 4.16. The summed E-state index contributed by atoms with van der Waals surface area (Å²) in [5, 5.41) is 0. The summed E-state index contributed by atoms with van der Waals surface area (Å²) < 4.78 is 52.0. The molecule has 1 aliphatic heterocycles. The lowest BCUT2D eigenvalue weighted by atomic mass is 10.0. The van der Waals surface area contributed by atoms with Crippen LogP contribution >= 0.6 is 0 Å². The van der Waals surface area contributed by atoms with E-state index in [2.05, 4.69) is 19.8 Å². The number of hydrogen-bond acceptors (Lipinski definition) is 6. The van der Waals surface area contributed by atoms with Gasteiger partial charge >= 0.3 is 6.18 Å². The molecule has 0 unspecified atom stereocenters. The van der Waals surface area contributed by atoms with Gasteiger partial charge in [0.15, 0.2) is 0 Å². The van der Waals surface area contributed by atoms with Crippen molar-refractivity contribution in [3.63, 3.8) is 0 Å². The number of benzene rings is 2. The Morgan fingerprint density at radius 2 is 1.55 bits per heavy atom. The van der Waals surface area contributed by atoms with E-state index in [9.17, 15) is 17.6 Å². The third-order valence-corrected chi connectivity index (χ3v) is 5.89. The van der Waals surface area contributed by atoms with Crippen LogP contribution in [0, 0.1) is 5.82 Å². The van der Waals surface area contributed by atoms with Crippen molar-refractivity contribution in [3.05, 3.63) is 71.8 Å². The van der Waals surface area contributed by atoms with Gasteiger partial charge in [0, 0.05) is 38.8 Å². The number of alkyl halides is 3. The number of nitrogens with two attached hydrogens (primary N) is 2. The molecule has 0 aliphatic carbocycles. The molecule has 0 radical (unpaired) electrons. The first-order valence-corrected chi connectivity index (χ1v) is 10.5. The highest BCUT2D eigenvalue weighted by atomic mass is 19.4. The number of hydrogen-bond donors (Lipinski definition) is 2. The first-order chi connectivity index (χ1) is 15.8. The summed E-state index contributed by atoms with van der Waals surface area (Å²) in [6.45, 7) is 2.78. The van der Waals surface area contributed by atoms with Gasteiger partial charge in [-0.05, 0) is 35.4 Å². The largest absolute Gasteiger partial charge is 0.416 e. The van der Waals surface area contributed by atoms with Crippen LogP contribution in [0.3, 0.4) is 0 Å². The van der Waals surface area contributed by atoms with Gasteiger partial charge in [0.25, 0.3) is 0 Å². The van der Waals surface area contributed by atoms with Gasteiger partial charge in [-0.1, -0.05) is 24.3 Å². The molecule has 3 aromatic rings. The van der Waals surface area contributed by atoms with Gasteiger partial charge in [-0.25, -0.2) is 14.4 Å². The molecule has 1 saturated heterocycles.